The van der Waals surface area contributed by atoms with E-state index in [2.05, 4.69) is 33.4 Å². The molecule has 0 radical (unpaired) electrons. The van der Waals surface area contributed by atoms with Crippen LogP contribution in [0.1, 0.15) is 41.1 Å². The van der Waals surface area contributed by atoms with E-state index in [0.717, 1.165) is 0 Å². The first-order valence-corrected chi connectivity index (χ1v) is 6.18. The Bertz CT molecular complexity index is 383. The Morgan fingerprint density at radius 3 is 2.67 bits per heavy atom. The summed E-state index contributed by atoms with van der Waals surface area (Å²) in [6, 6.07) is 5.85. The van der Waals surface area contributed by atoms with Crippen molar-refractivity contribution in [2.24, 2.45) is 0 Å². The zero-order chi connectivity index (χ0) is 10.8. The molecule has 2 rings (SSSR count). The van der Waals surface area contributed by atoms with Crippen LogP contribution in [0.3, 0.4) is 0 Å². The summed E-state index contributed by atoms with van der Waals surface area (Å²) in [7, 11) is 1.41. The summed E-state index contributed by atoms with van der Waals surface area (Å²) >= 11 is 2.30. The average Bonchev–Trinajstić information content (AvgIpc) is 2.17. The predicted molar refractivity (Wildman–Crippen MR) is 67.1 cm³/mol. The van der Waals surface area contributed by atoms with Gasteiger partial charge in [0.25, 0.3) is 0 Å². The average molecular weight is 316 g/mol. The van der Waals surface area contributed by atoms with Crippen LogP contribution in [-0.2, 0) is 4.74 Å². The van der Waals surface area contributed by atoms with Gasteiger partial charge in [-0.05, 0) is 59.0 Å². The molecule has 0 saturated heterocycles. The number of carbonyl (C=O) groups is 1. The lowest BCUT2D eigenvalue weighted by atomic mass is 9.80. The Hall–Kier alpha value is -0.580. The van der Waals surface area contributed by atoms with Crippen molar-refractivity contribution in [2.45, 2.75) is 25.2 Å². The van der Waals surface area contributed by atoms with Gasteiger partial charge in [0.2, 0.25) is 0 Å². The van der Waals surface area contributed by atoms with Gasteiger partial charge in [0.05, 0.1) is 12.7 Å². The van der Waals surface area contributed by atoms with E-state index in [-0.39, 0.29) is 5.97 Å². The van der Waals surface area contributed by atoms with Crippen LogP contribution >= 0.6 is 22.6 Å². The van der Waals surface area contributed by atoms with Gasteiger partial charge in [-0.3, -0.25) is 0 Å². The first-order valence-electron chi connectivity index (χ1n) is 5.10. The molecule has 0 unspecified atom stereocenters. The number of hydrogen-bond acceptors (Lipinski definition) is 2. The van der Waals surface area contributed by atoms with E-state index in [1.54, 1.807) is 0 Å². The molecule has 2 nitrogen and oxygen atoms in total. The molecule has 15 heavy (non-hydrogen) atoms. The topological polar surface area (TPSA) is 26.3 Å². The van der Waals surface area contributed by atoms with Gasteiger partial charge < -0.3 is 4.74 Å². The van der Waals surface area contributed by atoms with Crippen LogP contribution in [0.25, 0.3) is 0 Å². The molecule has 0 atom stereocenters. The van der Waals surface area contributed by atoms with Gasteiger partial charge >= 0.3 is 5.97 Å². The number of benzene rings is 1. The fraction of sp³-hybridized carbons (Fsp3) is 0.417. The van der Waals surface area contributed by atoms with Crippen LogP contribution in [0.2, 0.25) is 0 Å². The maximum absolute atomic E-state index is 11.3. The zero-order valence-corrected chi connectivity index (χ0v) is 10.8. The molecule has 0 spiro atoms. The summed E-state index contributed by atoms with van der Waals surface area (Å²) in [5.41, 5.74) is 2.03. The largest absolute Gasteiger partial charge is 0.465 e. The lowest BCUT2D eigenvalue weighted by molar-refractivity contribution is 0.0600. The van der Waals surface area contributed by atoms with Gasteiger partial charge in [0.15, 0.2) is 0 Å². The highest BCUT2D eigenvalue weighted by molar-refractivity contribution is 14.1. The van der Waals surface area contributed by atoms with Crippen LogP contribution in [0.15, 0.2) is 18.2 Å². The van der Waals surface area contributed by atoms with Crippen molar-refractivity contribution in [3.05, 3.63) is 32.9 Å². The number of methoxy groups -OCH3 is 1. The van der Waals surface area contributed by atoms with Crippen LogP contribution in [0, 0.1) is 3.57 Å². The zero-order valence-electron chi connectivity index (χ0n) is 8.63. The van der Waals surface area contributed by atoms with Crippen LogP contribution in [-0.4, -0.2) is 13.1 Å². The van der Waals surface area contributed by atoms with Gasteiger partial charge in [0, 0.05) is 3.57 Å². The molecule has 80 valence electrons. The molecule has 1 aromatic rings. The highest BCUT2D eigenvalue weighted by Gasteiger charge is 2.22. The molecule has 0 bridgehead atoms. The Morgan fingerprint density at radius 1 is 1.47 bits per heavy atom. The van der Waals surface area contributed by atoms with Crippen molar-refractivity contribution in [1.82, 2.24) is 0 Å². The van der Waals surface area contributed by atoms with E-state index >= 15 is 0 Å². The maximum Gasteiger partial charge on any atom is 0.337 e. The standard InChI is InChI=1S/C12H13IO2/c1-15-12(14)9-5-6-10(11(13)7-9)8-3-2-4-8/h5-8H,2-4H2,1H3. The molecule has 0 N–H and O–H groups in total. The third-order valence-corrected chi connectivity index (χ3v) is 3.90. The van der Waals surface area contributed by atoms with Gasteiger partial charge in [0.1, 0.15) is 0 Å². The molecule has 3 heteroatoms. The van der Waals surface area contributed by atoms with Gasteiger partial charge in [-0.25, -0.2) is 4.79 Å². The van der Waals surface area contributed by atoms with Gasteiger partial charge in [-0.15, -0.1) is 0 Å². The van der Waals surface area contributed by atoms with E-state index in [4.69, 9.17) is 0 Å². The van der Waals surface area contributed by atoms with Gasteiger partial charge in [-0.1, -0.05) is 12.5 Å². The molecule has 1 aliphatic rings. The summed E-state index contributed by atoms with van der Waals surface area (Å²) < 4.78 is 5.87. The Labute approximate surface area is 103 Å². The Morgan fingerprint density at radius 2 is 2.20 bits per heavy atom. The molecule has 1 fully saturated rings. The van der Waals surface area contributed by atoms with Crippen LogP contribution in [0.4, 0.5) is 0 Å². The van der Waals surface area contributed by atoms with E-state index in [9.17, 15) is 4.79 Å². The quantitative estimate of drug-likeness (QED) is 0.618. The lowest BCUT2D eigenvalue weighted by Gasteiger charge is -2.26. The molecular weight excluding hydrogens is 303 g/mol. The minimum absolute atomic E-state index is 0.256. The van der Waals surface area contributed by atoms with Crippen molar-refractivity contribution in [3.63, 3.8) is 0 Å². The van der Waals surface area contributed by atoms with E-state index in [1.165, 1.54) is 35.5 Å². The molecule has 0 aromatic heterocycles. The van der Waals surface area contributed by atoms with Crippen molar-refractivity contribution >= 4 is 28.6 Å². The third kappa shape index (κ3) is 2.17. The monoisotopic (exact) mass is 316 g/mol. The van der Waals surface area contributed by atoms with Crippen molar-refractivity contribution < 1.29 is 9.53 Å². The predicted octanol–water partition coefficient (Wildman–Crippen LogP) is 3.35. The first-order chi connectivity index (χ1) is 7.22. The fourth-order valence-electron chi connectivity index (χ4n) is 1.82. The molecular formula is C12H13IO2. The number of hydrogen-bond donors (Lipinski definition) is 0. The normalized spacial score (nSPS) is 15.9. The summed E-state index contributed by atoms with van der Waals surface area (Å²) in [4.78, 5) is 11.3. The molecule has 0 heterocycles. The number of halogens is 1. The molecule has 1 saturated carbocycles. The Kier molecular flexibility index (Phi) is 3.29. The highest BCUT2D eigenvalue weighted by atomic mass is 127. The number of rotatable bonds is 2. The second kappa shape index (κ2) is 4.51. The molecule has 1 aromatic carbocycles. The second-order valence-electron chi connectivity index (χ2n) is 3.86. The van der Waals surface area contributed by atoms with Crippen molar-refractivity contribution in [1.29, 1.82) is 0 Å². The fourth-order valence-corrected chi connectivity index (χ4v) is 2.78. The third-order valence-electron chi connectivity index (χ3n) is 2.97. The highest BCUT2D eigenvalue weighted by Crippen LogP contribution is 2.38. The minimum atomic E-state index is -0.256. The van der Waals surface area contributed by atoms with E-state index in [1.807, 2.05) is 12.1 Å². The van der Waals surface area contributed by atoms with Crippen molar-refractivity contribution in [2.75, 3.05) is 7.11 Å². The molecule has 0 amide bonds. The second-order valence-corrected chi connectivity index (χ2v) is 5.02. The Balaban J connectivity index is 2.25. The van der Waals surface area contributed by atoms with Crippen LogP contribution < -0.4 is 0 Å². The summed E-state index contributed by atoms with van der Waals surface area (Å²) in [5.74, 6) is 0.455. The number of ether oxygens (including phenoxy) is 1. The SMILES string of the molecule is COC(=O)c1ccc(C2CCC2)c(I)c1. The summed E-state index contributed by atoms with van der Waals surface area (Å²) in [6.45, 7) is 0. The van der Waals surface area contributed by atoms with E-state index in [0.29, 0.717) is 11.5 Å². The smallest absolute Gasteiger partial charge is 0.337 e. The summed E-state index contributed by atoms with van der Waals surface area (Å²) in [6.07, 6.45) is 3.90. The van der Waals surface area contributed by atoms with Crippen molar-refractivity contribution in [3.8, 4) is 0 Å². The maximum atomic E-state index is 11.3. The number of carbonyl (C=O) groups excluding carboxylic acids is 1. The molecule has 1 aliphatic carbocycles. The van der Waals surface area contributed by atoms with E-state index < -0.39 is 0 Å². The van der Waals surface area contributed by atoms with Crippen LogP contribution in [0.5, 0.6) is 0 Å². The summed E-state index contributed by atoms with van der Waals surface area (Å²) in [5, 5.41) is 0. The first kappa shape index (κ1) is 10.9. The molecule has 0 aliphatic heterocycles. The minimum Gasteiger partial charge on any atom is -0.465 e. The number of esters is 1. The lowest BCUT2D eigenvalue weighted by Crippen LogP contribution is -2.11. The van der Waals surface area contributed by atoms with Gasteiger partial charge in [-0.2, -0.15) is 0 Å².